The molecule has 0 radical (unpaired) electrons. The van der Waals surface area contributed by atoms with Crippen LogP contribution in [0.4, 0.5) is 0 Å². The molecular weight excluding hydrogens is 262 g/mol. The summed E-state index contributed by atoms with van der Waals surface area (Å²) in [6.07, 6.45) is 6.88. The Kier molecular flexibility index (Phi) is 4.84. The third-order valence-corrected chi connectivity index (χ3v) is 4.00. The zero-order valence-corrected chi connectivity index (χ0v) is 13.0. The van der Waals surface area contributed by atoms with Crippen LogP contribution in [0.5, 0.6) is 0 Å². The van der Waals surface area contributed by atoms with Crippen molar-refractivity contribution < 1.29 is 9.90 Å². The van der Waals surface area contributed by atoms with Gasteiger partial charge in [0.05, 0.1) is 0 Å². The fourth-order valence-electron chi connectivity index (χ4n) is 2.87. The van der Waals surface area contributed by atoms with Crippen LogP contribution in [0.15, 0.2) is 36.5 Å². The molecule has 1 aromatic heterocycles. The average molecular weight is 285 g/mol. The molecule has 1 heterocycles. The fraction of sp³-hybridized carbons (Fsp3) is 0.389. The van der Waals surface area contributed by atoms with Crippen LogP contribution in [-0.4, -0.2) is 15.6 Å². The molecule has 1 N–H and O–H groups in total. The van der Waals surface area contributed by atoms with E-state index in [1.165, 1.54) is 29.8 Å². The van der Waals surface area contributed by atoms with Gasteiger partial charge in [-0.15, -0.1) is 0 Å². The van der Waals surface area contributed by atoms with E-state index in [-0.39, 0.29) is 0 Å². The Morgan fingerprint density at radius 1 is 1.33 bits per heavy atom. The summed E-state index contributed by atoms with van der Waals surface area (Å²) >= 11 is 0. The molecule has 21 heavy (non-hydrogen) atoms. The number of benzene rings is 1. The number of carboxylic acids is 1. The van der Waals surface area contributed by atoms with Gasteiger partial charge in [0, 0.05) is 29.2 Å². The first-order chi connectivity index (χ1) is 10.1. The zero-order valence-electron chi connectivity index (χ0n) is 13.0. The van der Waals surface area contributed by atoms with Crippen LogP contribution in [0.2, 0.25) is 0 Å². The summed E-state index contributed by atoms with van der Waals surface area (Å²) in [6.45, 7) is 6.27. The van der Waals surface area contributed by atoms with Crippen molar-refractivity contribution >= 4 is 22.4 Å². The van der Waals surface area contributed by atoms with Gasteiger partial charge in [0.15, 0.2) is 0 Å². The van der Waals surface area contributed by atoms with Gasteiger partial charge in [-0.3, -0.25) is 0 Å². The van der Waals surface area contributed by atoms with E-state index < -0.39 is 5.97 Å². The molecule has 0 amide bonds. The third-order valence-electron chi connectivity index (χ3n) is 4.00. The molecule has 0 spiro atoms. The highest BCUT2D eigenvalue weighted by Gasteiger charge is 2.11. The standard InChI is InChI=1S/C18H23NO2/c1-4-6-16(5-2)19-10-9-15-12-14(7-8-17(15)19)13(3)11-18(20)21/h7-12,16H,4-6H2,1-3H3,(H,20,21). The van der Waals surface area contributed by atoms with Crippen LogP contribution >= 0.6 is 0 Å². The minimum Gasteiger partial charge on any atom is -0.478 e. The van der Waals surface area contributed by atoms with Gasteiger partial charge >= 0.3 is 5.97 Å². The van der Waals surface area contributed by atoms with Crippen molar-refractivity contribution in [1.29, 1.82) is 0 Å². The van der Waals surface area contributed by atoms with Crippen molar-refractivity contribution in [2.24, 2.45) is 0 Å². The lowest BCUT2D eigenvalue weighted by molar-refractivity contribution is -0.131. The van der Waals surface area contributed by atoms with E-state index in [2.05, 4.69) is 42.8 Å². The number of hydrogen-bond acceptors (Lipinski definition) is 1. The Labute approximate surface area is 125 Å². The van der Waals surface area contributed by atoms with E-state index in [0.29, 0.717) is 6.04 Å². The number of nitrogens with zero attached hydrogens (tertiary/aromatic N) is 1. The van der Waals surface area contributed by atoms with Gasteiger partial charge in [0.25, 0.3) is 0 Å². The molecule has 1 unspecified atom stereocenters. The Bertz CT molecular complexity index is 667. The van der Waals surface area contributed by atoms with Gasteiger partial charge in [0.1, 0.15) is 0 Å². The molecule has 112 valence electrons. The van der Waals surface area contributed by atoms with Crippen LogP contribution in [-0.2, 0) is 4.79 Å². The smallest absolute Gasteiger partial charge is 0.328 e. The molecule has 1 atom stereocenters. The lowest BCUT2D eigenvalue weighted by atomic mass is 10.0. The number of carboxylic acid groups (broad SMARTS) is 1. The summed E-state index contributed by atoms with van der Waals surface area (Å²) in [4.78, 5) is 10.8. The van der Waals surface area contributed by atoms with Gasteiger partial charge in [-0.2, -0.15) is 0 Å². The van der Waals surface area contributed by atoms with E-state index in [4.69, 9.17) is 5.11 Å². The molecular formula is C18H23NO2. The van der Waals surface area contributed by atoms with Crippen molar-refractivity contribution in [3.63, 3.8) is 0 Å². The maximum absolute atomic E-state index is 10.8. The van der Waals surface area contributed by atoms with Crippen LogP contribution < -0.4 is 0 Å². The van der Waals surface area contributed by atoms with E-state index in [1.54, 1.807) is 0 Å². The van der Waals surface area contributed by atoms with Crippen molar-refractivity contribution in [2.75, 3.05) is 0 Å². The molecule has 0 aliphatic carbocycles. The molecule has 0 fully saturated rings. The highest BCUT2D eigenvalue weighted by atomic mass is 16.4. The SMILES string of the molecule is CCCC(CC)n1ccc2cc(C(C)=CC(=O)O)ccc21. The minimum absolute atomic E-state index is 0.536. The molecule has 2 aromatic rings. The van der Waals surface area contributed by atoms with E-state index in [1.807, 2.05) is 13.0 Å². The second-order valence-corrected chi connectivity index (χ2v) is 5.51. The Morgan fingerprint density at radius 3 is 2.71 bits per heavy atom. The second-order valence-electron chi connectivity index (χ2n) is 5.51. The summed E-state index contributed by atoms with van der Waals surface area (Å²) in [6, 6.07) is 8.83. The van der Waals surface area contributed by atoms with Gasteiger partial charge in [-0.25, -0.2) is 4.79 Å². The molecule has 3 heteroatoms. The predicted octanol–water partition coefficient (Wildman–Crippen LogP) is 4.88. The fourth-order valence-corrected chi connectivity index (χ4v) is 2.87. The summed E-state index contributed by atoms with van der Waals surface area (Å²) in [5.74, 6) is -0.904. The number of aliphatic carboxylic acids is 1. The van der Waals surface area contributed by atoms with E-state index in [9.17, 15) is 4.79 Å². The molecule has 0 aliphatic rings. The monoisotopic (exact) mass is 285 g/mol. The quantitative estimate of drug-likeness (QED) is 0.768. The zero-order chi connectivity index (χ0) is 15.4. The minimum atomic E-state index is -0.904. The largest absolute Gasteiger partial charge is 0.478 e. The van der Waals surface area contributed by atoms with E-state index in [0.717, 1.165) is 17.6 Å². The summed E-state index contributed by atoms with van der Waals surface area (Å²) in [5, 5.41) is 10.0. The van der Waals surface area contributed by atoms with Crippen LogP contribution in [0.25, 0.3) is 16.5 Å². The first-order valence-electron chi connectivity index (χ1n) is 7.59. The number of hydrogen-bond donors (Lipinski definition) is 1. The summed E-state index contributed by atoms with van der Waals surface area (Å²) < 4.78 is 2.35. The van der Waals surface area contributed by atoms with Crippen LogP contribution in [0.1, 0.15) is 51.6 Å². The van der Waals surface area contributed by atoms with Crippen molar-refractivity contribution in [2.45, 2.75) is 46.1 Å². The lowest BCUT2D eigenvalue weighted by Crippen LogP contribution is -2.06. The predicted molar refractivity (Wildman–Crippen MR) is 87.5 cm³/mol. The third kappa shape index (κ3) is 3.35. The Morgan fingerprint density at radius 2 is 2.10 bits per heavy atom. The van der Waals surface area contributed by atoms with Crippen LogP contribution in [0.3, 0.4) is 0 Å². The average Bonchev–Trinajstić information content (AvgIpc) is 2.87. The maximum atomic E-state index is 10.8. The molecule has 0 bridgehead atoms. The Hall–Kier alpha value is -2.03. The first-order valence-corrected chi connectivity index (χ1v) is 7.59. The van der Waals surface area contributed by atoms with Crippen LogP contribution in [0, 0.1) is 0 Å². The van der Waals surface area contributed by atoms with Gasteiger partial charge < -0.3 is 9.67 Å². The number of allylic oxidation sites excluding steroid dienone is 1. The number of rotatable bonds is 6. The first kappa shape index (κ1) is 15.4. The molecule has 0 saturated heterocycles. The summed E-state index contributed by atoms with van der Waals surface area (Å²) in [7, 11) is 0. The van der Waals surface area contributed by atoms with Gasteiger partial charge in [-0.05, 0) is 49.1 Å². The van der Waals surface area contributed by atoms with E-state index >= 15 is 0 Å². The maximum Gasteiger partial charge on any atom is 0.328 e. The van der Waals surface area contributed by atoms with Gasteiger partial charge in [0.2, 0.25) is 0 Å². The number of carbonyl (C=O) groups is 1. The molecule has 0 saturated carbocycles. The lowest BCUT2D eigenvalue weighted by Gasteiger charge is -2.17. The van der Waals surface area contributed by atoms with Gasteiger partial charge in [-0.1, -0.05) is 26.3 Å². The highest BCUT2D eigenvalue weighted by molar-refractivity contribution is 5.91. The summed E-state index contributed by atoms with van der Waals surface area (Å²) in [5.41, 5.74) is 2.96. The van der Waals surface area contributed by atoms with Crippen molar-refractivity contribution in [3.05, 3.63) is 42.1 Å². The van der Waals surface area contributed by atoms with Crippen molar-refractivity contribution in [1.82, 2.24) is 4.57 Å². The number of fused-ring (bicyclic) bond motifs is 1. The Balaban J connectivity index is 2.41. The van der Waals surface area contributed by atoms with Crippen molar-refractivity contribution in [3.8, 4) is 0 Å². The molecule has 0 aliphatic heterocycles. The topological polar surface area (TPSA) is 42.2 Å². The molecule has 2 rings (SSSR count). The normalized spacial score (nSPS) is 13.6. The number of aromatic nitrogens is 1. The molecule has 3 nitrogen and oxygen atoms in total. The second kappa shape index (κ2) is 6.61. The molecule has 1 aromatic carbocycles. The highest BCUT2D eigenvalue weighted by Crippen LogP contribution is 2.27.